The van der Waals surface area contributed by atoms with Crippen LogP contribution in [0.3, 0.4) is 0 Å². The minimum absolute atomic E-state index is 0.385. The molecule has 0 atom stereocenters. The lowest BCUT2D eigenvalue weighted by atomic mass is 10.4. The largest absolute Gasteiger partial charge is 0.382 e. The highest BCUT2D eigenvalue weighted by Crippen LogP contribution is 2.22. The van der Waals surface area contributed by atoms with E-state index in [0.717, 1.165) is 13.1 Å². The molecule has 5 nitrogen and oxygen atoms in total. The van der Waals surface area contributed by atoms with Crippen LogP contribution in [0.5, 0.6) is 0 Å². The topological polar surface area (TPSA) is 64.3 Å². The van der Waals surface area contributed by atoms with E-state index in [-0.39, 0.29) is 0 Å². The lowest BCUT2D eigenvalue weighted by Gasteiger charge is -2.28. The molecule has 76 valence electrons. The first kappa shape index (κ1) is 9.48. The summed E-state index contributed by atoms with van der Waals surface area (Å²) in [4.78, 5) is 10.1. The summed E-state index contributed by atoms with van der Waals surface area (Å²) in [6.07, 6.45) is 1.45. The van der Waals surface area contributed by atoms with E-state index in [4.69, 9.17) is 22.1 Å². The maximum Gasteiger partial charge on any atom is 0.171 e. The van der Waals surface area contributed by atoms with Gasteiger partial charge in [0.15, 0.2) is 11.0 Å². The van der Waals surface area contributed by atoms with E-state index in [1.807, 2.05) is 4.90 Å². The molecule has 1 aromatic rings. The van der Waals surface area contributed by atoms with Gasteiger partial charge in [0, 0.05) is 13.1 Å². The van der Waals surface area contributed by atoms with Crippen LogP contribution >= 0.6 is 11.6 Å². The highest BCUT2D eigenvalue weighted by molar-refractivity contribution is 6.31. The molecular formula is C8H11ClN4O. The van der Waals surface area contributed by atoms with Crippen molar-refractivity contribution >= 4 is 23.2 Å². The Morgan fingerprint density at radius 1 is 1.43 bits per heavy atom. The van der Waals surface area contributed by atoms with Crippen LogP contribution in [-0.2, 0) is 4.74 Å². The van der Waals surface area contributed by atoms with Gasteiger partial charge in [0.25, 0.3) is 0 Å². The lowest BCUT2D eigenvalue weighted by Crippen LogP contribution is -2.37. The van der Waals surface area contributed by atoms with E-state index in [9.17, 15) is 0 Å². The number of nitrogens with two attached hydrogens (primary N) is 1. The van der Waals surface area contributed by atoms with Crippen molar-refractivity contribution in [3.05, 3.63) is 11.3 Å². The smallest absolute Gasteiger partial charge is 0.171 e. The van der Waals surface area contributed by atoms with Crippen LogP contribution in [0.2, 0.25) is 5.15 Å². The summed E-state index contributed by atoms with van der Waals surface area (Å²) in [6.45, 7) is 2.93. The first-order valence-corrected chi connectivity index (χ1v) is 4.76. The molecule has 2 rings (SSSR count). The molecule has 2 N–H and O–H groups in total. The molecule has 0 aliphatic carbocycles. The van der Waals surface area contributed by atoms with Crippen molar-refractivity contribution < 1.29 is 4.74 Å². The Balaban J connectivity index is 2.24. The van der Waals surface area contributed by atoms with Gasteiger partial charge in [-0.15, -0.1) is 0 Å². The average Bonchev–Trinajstić information content (AvgIpc) is 2.23. The van der Waals surface area contributed by atoms with E-state index in [2.05, 4.69) is 9.97 Å². The Morgan fingerprint density at radius 3 is 2.86 bits per heavy atom. The Kier molecular flexibility index (Phi) is 2.69. The minimum Gasteiger partial charge on any atom is -0.382 e. The molecule has 1 saturated heterocycles. The fourth-order valence-electron chi connectivity index (χ4n) is 1.35. The molecular weight excluding hydrogens is 204 g/mol. The molecule has 0 amide bonds. The van der Waals surface area contributed by atoms with Crippen molar-refractivity contribution in [3.8, 4) is 0 Å². The fourth-order valence-corrected chi connectivity index (χ4v) is 1.56. The molecule has 1 aliphatic rings. The van der Waals surface area contributed by atoms with Gasteiger partial charge < -0.3 is 15.4 Å². The number of anilines is 2. The van der Waals surface area contributed by atoms with Crippen molar-refractivity contribution in [1.29, 1.82) is 0 Å². The minimum atomic E-state index is 0.385. The zero-order chi connectivity index (χ0) is 9.97. The number of halogens is 1. The van der Waals surface area contributed by atoms with E-state index < -0.39 is 0 Å². The van der Waals surface area contributed by atoms with Crippen LogP contribution in [-0.4, -0.2) is 36.3 Å². The highest BCUT2D eigenvalue weighted by atomic mass is 35.5. The van der Waals surface area contributed by atoms with Crippen molar-refractivity contribution in [1.82, 2.24) is 9.97 Å². The van der Waals surface area contributed by atoms with Gasteiger partial charge in [0.2, 0.25) is 0 Å². The number of aromatic nitrogens is 2. The van der Waals surface area contributed by atoms with Crippen LogP contribution in [0.1, 0.15) is 0 Å². The number of nitrogen functional groups attached to an aromatic ring is 1. The number of morpholine rings is 1. The van der Waals surface area contributed by atoms with Gasteiger partial charge in [0.05, 0.1) is 19.4 Å². The standard InChI is InChI=1S/C8H11ClN4O/c9-7-8(12-6(10)5-11-7)13-1-3-14-4-2-13/h5H,1-4H2,(H2,10,12). The summed E-state index contributed by atoms with van der Waals surface area (Å²) in [7, 11) is 0. The van der Waals surface area contributed by atoms with Gasteiger partial charge in [-0.25, -0.2) is 9.97 Å². The number of ether oxygens (including phenoxy) is 1. The molecule has 2 heterocycles. The summed E-state index contributed by atoms with van der Waals surface area (Å²) < 4.78 is 5.23. The van der Waals surface area contributed by atoms with Gasteiger partial charge in [-0.05, 0) is 0 Å². The molecule has 1 aromatic heterocycles. The van der Waals surface area contributed by atoms with Gasteiger partial charge in [0.1, 0.15) is 5.82 Å². The van der Waals surface area contributed by atoms with E-state index in [1.165, 1.54) is 6.20 Å². The van der Waals surface area contributed by atoms with Gasteiger partial charge >= 0.3 is 0 Å². The Labute approximate surface area is 86.8 Å². The van der Waals surface area contributed by atoms with Crippen LogP contribution in [0.4, 0.5) is 11.6 Å². The van der Waals surface area contributed by atoms with Gasteiger partial charge in [-0.1, -0.05) is 11.6 Å². The second-order valence-corrected chi connectivity index (χ2v) is 3.37. The number of hydrogen-bond donors (Lipinski definition) is 1. The van der Waals surface area contributed by atoms with Crippen molar-refractivity contribution in [3.63, 3.8) is 0 Å². The molecule has 14 heavy (non-hydrogen) atoms. The monoisotopic (exact) mass is 214 g/mol. The quantitative estimate of drug-likeness (QED) is 0.740. The molecule has 0 aromatic carbocycles. The van der Waals surface area contributed by atoms with E-state index in [0.29, 0.717) is 30.0 Å². The normalized spacial score (nSPS) is 17.1. The second kappa shape index (κ2) is 3.98. The molecule has 0 saturated carbocycles. The summed E-state index contributed by atoms with van der Waals surface area (Å²) in [6, 6.07) is 0. The summed E-state index contributed by atoms with van der Waals surface area (Å²) in [5.41, 5.74) is 5.54. The van der Waals surface area contributed by atoms with Crippen molar-refractivity contribution in [2.75, 3.05) is 36.9 Å². The Morgan fingerprint density at radius 2 is 2.14 bits per heavy atom. The summed E-state index contributed by atoms with van der Waals surface area (Å²) in [5, 5.41) is 0.390. The van der Waals surface area contributed by atoms with Gasteiger partial charge in [-0.3, -0.25) is 0 Å². The van der Waals surface area contributed by atoms with Crippen LogP contribution in [0.25, 0.3) is 0 Å². The Bertz CT molecular complexity index is 327. The zero-order valence-corrected chi connectivity index (χ0v) is 8.37. The van der Waals surface area contributed by atoms with E-state index >= 15 is 0 Å². The van der Waals surface area contributed by atoms with E-state index in [1.54, 1.807) is 0 Å². The first-order chi connectivity index (χ1) is 6.77. The van der Waals surface area contributed by atoms with Crippen LogP contribution in [0.15, 0.2) is 6.20 Å². The molecule has 0 radical (unpaired) electrons. The van der Waals surface area contributed by atoms with Gasteiger partial charge in [-0.2, -0.15) is 0 Å². The maximum atomic E-state index is 5.92. The third kappa shape index (κ3) is 1.88. The highest BCUT2D eigenvalue weighted by Gasteiger charge is 2.16. The molecule has 0 unspecified atom stereocenters. The predicted octanol–water partition coefficient (Wildman–Crippen LogP) is 0.549. The molecule has 0 spiro atoms. The maximum absolute atomic E-state index is 5.92. The average molecular weight is 215 g/mol. The fraction of sp³-hybridized carbons (Fsp3) is 0.500. The second-order valence-electron chi connectivity index (χ2n) is 3.01. The number of hydrogen-bond acceptors (Lipinski definition) is 5. The molecule has 6 heteroatoms. The lowest BCUT2D eigenvalue weighted by molar-refractivity contribution is 0.122. The zero-order valence-electron chi connectivity index (χ0n) is 7.61. The molecule has 1 fully saturated rings. The van der Waals surface area contributed by atoms with Crippen LogP contribution in [0, 0.1) is 0 Å². The third-order valence-corrected chi connectivity index (χ3v) is 2.31. The Hall–Kier alpha value is -1.07. The summed E-state index contributed by atoms with van der Waals surface area (Å²) in [5.74, 6) is 1.03. The number of rotatable bonds is 1. The first-order valence-electron chi connectivity index (χ1n) is 4.38. The molecule has 0 bridgehead atoms. The number of nitrogens with zero attached hydrogens (tertiary/aromatic N) is 3. The van der Waals surface area contributed by atoms with Crippen molar-refractivity contribution in [2.24, 2.45) is 0 Å². The third-order valence-electron chi connectivity index (χ3n) is 2.04. The van der Waals surface area contributed by atoms with Crippen LogP contribution < -0.4 is 10.6 Å². The molecule has 1 aliphatic heterocycles. The predicted molar refractivity (Wildman–Crippen MR) is 54.5 cm³/mol. The SMILES string of the molecule is Nc1cnc(Cl)c(N2CCOCC2)n1. The van der Waals surface area contributed by atoms with Crippen molar-refractivity contribution in [2.45, 2.75) is 0 Å². The summed E-state index contributed by atoms with van der Waals surface area (Å²) >= 11 is 5.92.